The van der Waals surface area contributed by atoms with Crippen molar-refractivity contribution in [2.24, 2.45) is 13.0 Å². The Morgan fingerprint density at radius 2 is 2.41 bits per heavy atom. The molecule has 1 fully saturated rings. The normalized spacial score (nSPS) is 25.3. The summed E-state index contributed by atoms with van der Waals surface area (Å²) in [5, 5.41) is 9.20. The summed E-state index contributed by atoms with van der Waals surface area (Å²) in [6, 6.07) is -0.324. The number of likely N-dealkylation sites (tertiary alicyclic amines) is 1. The van der Waals surface area contributed by atoms with Crippen molar-refractivity contribution in [1.82, 2.24) is 14.5 Å². The fourth-order valence-electron chi connectivity index (χ4n) is 2.56. The number of hydrogen-bond acceptors (Lipinski definition) is 3. The van der Waals surface area contributed by atoms with Gasteiger partial charge in [-0.25, -0.2) is 4.98 Å². The molecule has 1 aliphatic rings. The lowest BCUT2D eigenvalue weighted by molar-refractivity contribution is -0.143. The monoisotopic (exact) mass is 237 g/mol. The van der Waals surface area contributed by atoms with Gasteiger partial charge in [-0.3, -0.25) is 9.69 Å². The molecule has 1 aromatic rings. The van der Waals surface area contributed by atoms with Gasteiger partial charge in [0.05, 0.1) is 0 Å². The van der Waals surface area contributed by atoms with Crippen molar-refractivity contribution in [3.63, 3.8) is 0 Å². The predicted octanol–water partition coefficient (Wildman–Crippen LogP) is 0.758. The Bertz CT molecular complexity index is 402. The largest absolute Gasteiger partial charge is 0.480 e. The summed E-state index contributed by atoms with van der Waals surface area (Å²) in [6.45, 7) is 3.66. The molecule has 1 aliphatic heterocycles. The van der Waals surface area contributed by atoms with Gasteiger partial charge in [0.15, 0.2) is 0 Å². The lowest BCUT2D eigenvalue weighted by Gasteiger charge is -2.22. The first kappa shape index (κ1) is 12.1. The molecule has 5 heteroatoms. The minimum absolute atomic E-state index is 0.244. The Kier molecular flexibility index (Phi) is 3.47. The number of hydrogen-bond donors (Lipinski definition) is 1. The number of aryl methyl sites for hydroxylation is 1. The molecule has 1 N–H and O–H groups in total. The van der Waals surface area contributed by atoms with E-state index in [0.29, 0.717) is 0 Å². The zero-order valence-electron chi connectivity index (χ0n) is 10.3. The number of aromatic nitrogens is 2. The maximum Gasteiger partial charge on any atom is 0.321 e. The molecule has 2 rings (SSSR count). The highest BCUT2D eigenvalue weighted by Gasteiger charge is 2.36. The molecule has 1 aromatic heterocycles. The van der Waals surface area contributed by atoms with Crippen LogP contribution in [0.5, 0.6) is 0 Å². The average molecular weight is 237 g/mol. The molecule has 94 valence electrons. The maximum absolute atomic E-state index is 11.2. The quantitative estimate of drug-likeness (QED) is 0.840. The second kappa shape index (κ2) is 4.87. The molecular formula is C12H19N3O2. The molecule has 2 unspecified atom stereocenters. The Morgan fingerprint density at radius 3 is 3.00 bits per heavy atom. The van der Waals surface area contributed by atoms with Gasteiger partial charge in [0, 0.05) is 32.4 Å². The molecule has 0 radical (unpaired) electrons. The molecule has 0 spiro atoms. The Hall–Kier alpha value is -1.36. The predicted molar refractivity (Wildman–Crippen MR) is 63.7 cm³/mol. The number of carboxylic acids is 1. The lowest BCUT2D eigenvalue weighted by atomic mass is 10.0. The van der Waals surface area contributed by atoms with Crippen molar-refractivity contribution >= 4 is 5.97 Å². The molecule has 1 saturated heterocycles. The standard InChI is InChI=1S/C12H19N3O2/c1-9-3-6-15(11(9)12(16)17)7-4-10-13-5-8-14(10)2/h5,8-9,11H,3-4,6-7H2,1-2H3,(H,16,17). The number of carboxylic acid groups (broad SMARTS) is 1. The van der Waals surface area contributed by atoms with Gasteiger partial charge < -0.3 is 9.67 Å². The summed E-state index contributed by atoms with van der Waals surface area (Å²) in [7, 11) is 1.96. The van der Waals surface area contributed by atoms with Crippen molar-refractivity contribution in [2.45, 2.75) is 25.8 Å². The van der Waals surface area contributed by atoms with Crippen LogP contribution < -0.4 is 0 Å². The van der Waals surface area contributed by atoms with Crippen LogP contribution in [0.3, 0.4) is 0 Å². The fourth-order valence-corrected chi connectivity index (χ4v) is 2.56. The van der Waals surface area contributed by atoms with Crippen LogP contribution in [-0.4, -0.2) is 44.7 Å². The lowest BCUT2D eigenvalue weighted by Crippen LogP contribution is -2.40. The van der Waals surface area contributed by atoms with Crippen LogP contribution in [0.1, 0.15) is 19.2 Å². The summed E-state index contributed by atoms with van der Waals surface area (Å²) in [5.41, 5.74) is 0. The van der Waals surface area contributed by atoms with Gasteiger partial charge in [0.2, 0.25) is 0 Å². The number of nitrogens with zero attached hydrogens (tertiary/aromatic N) is 3. The third-order valence-corrected chi connectivity index (χ3v) is 3.60. The Balaban J connectivity index is 1.95. The van der Waals surface area contributed by atoms with E-state index in [4.69, 9.17) is 0 Å². The van der Waals surface area contributed by atoms with Crippen LogP contribution in [0.2, 0.25) is 0 Å². The molecule has 0 saturated carbocycles. The molecule has 17 heavy (non-hydrogen) atoms. The molecule has 0 aromatic carbocycles. The second-order valence-corrected chi connectivity index (χ2v) is 4.79. The zero-order chi connectivity index (χ0) is 12.4. The Morgan fingerprint density at radius 1 is 1.65 bits per heavy atom. The second-order valence-electron chi connectivity index (χ2n) is 4.79. The van der Waals surface area contributed by atoms with Crippen molar-refractivity contribution < 1.29 is 9.90 Å². The van der Waals surface area contributed by atoms with E-state index >= 15 is 0 Å². The van der Waals surface area contributed by atoms with Gasteiger partial charge in [-0.1, -0.05) is 6.92 Å². The average Bonchev–Trinajstić information content (AvgIpc) is 2.82. The molecule has 2 heterocycles. The van der Waals surface area contributed by atoms with E-state index in [1.165, 1.54) is 0 Å². The van der Waals surface area contributed by atoms with Gasteiger partial charge in [-0.05, 0) is 18.9 Å². The van der Waals surface area contributed by atoms with E-state index in [-0.39, 0.29) is 12.0 Å². The smallest absolute Gasteiger partial charge is 0.321 e. The van der Waals surface area contributed by atoms with Crippen LogP contribution in [0.15, 0.2) is 12.4 Å². The highest BCUT2D eigenvalue weighted by atomic mass is 16.4. The van der Waals surface area contributed by atoms with Gasteiger partial charge in [0.25, 0.3) is 0 Å². The molecular weight excluding hydrogens is 218 g/mol. The zero-order valence-corrected chi connectivity index (χ0v) is 10.3. The summed E-state index contributed by atoms with van der Waals surface area (Å²) in [5.74, 6) is 0.553. The highest BCUT2D eigenvalue weighted by Crippen LogP contribution is 2.24. The third kappa shape index (κ3) is 2.49. The Labute approximate surface area is 101 Å². The van der Waals surface area contributed by atoms with Gasteiger partial charge in [0.1, 0.15) is 11.9 Å². The van der Waals surface area contributed by atoms with Gasteiger partial charge in [-0.15, -0.1) is 0 Å². The molecule has 0 amide bonds. The van der Waals surface area contributed by atoms with Gasteiger partial charge >= 0.3 is 5.97 Å². The summed E-state index contributed by atoms with van der Waals surface area (Å²) in [4.78, 5) is 17.5. The van der Waals surface area contributed by atoms with E-state index in [2.05, 4.69) is 9.88 Å². The number of carbonyl (C=O) groups is 1. The highest BCUT2D eigenvalue weighted by molar-refractivity contribution is 5.74. The van der Waals surface area contributed by atoms with Crippen molar-refractivity contribution in [1.29, 1.82) is 0 Å². The molecule has 2 atom stereocenters. The number of rotatable bonds is 4. The van der Waals surface area contributed by atoms with E-state index in [9.17, 15) is 9.90 Å². The number of imidazole rings is 1. The first-order valence-electron chi connectivity index (χ1n) is 6.02. The van der Waals surface area contributed by atoms with Crippen molar-refractivity contribution in [3.8, 4) is 0 Å². The summed E-state index contributed by atoms with van der Waals surface area (Å²) < 4.78 is 1.98. The SMILES string of the molecule is CC1CCN(CCc2nccn2C)C1C(=O)O. The van der Waals surface area contributed by atoms with Crippen molar-refractivity contribution in [2.75, 3.05) is 13.1 Å². The molecule has 0 aliphatic carbocycles. The van der Waals surface area contributed by atoms with Crippen LogP contribution in [0.25, 0.3) is 0 Å². The first-order chi connectivity index (χ1) is 8.09. The van der Waals surface area contributed by atoms with E-state index in [1.54, 1.807) is 6.20 Å². The summed E-state index contributed by atoms with van der Waals surface area (Å²) >= 11 is 0. The van der Waals surface area contributed by atoms with Crippen LogP contribution in [-0.2, 0) is 18.3 Å². The van der Waals surface area contributed by atoms with E-state index in [1.807, 2.05) is 24.7 Å². The van der Waals surface area contributed by atoms with Gasteiger partial charge in [-0.2, -0.15) is 0 Å². The topological polar surface area (TPSA) is 58.4 Å². The third-order valence-electron chi connectivity index (χ3n) is 3.60. The molecule has 5 nitrogen and oxygen atoms in total. The number of aliphatic carboxylic acids is 1. The maximum atomic E-state index is 11.2. The first-order valence-corrected chi connectivity index (χ1v) is 6.02. The minimum Gasteiger partial charge on any atom is -0.480 e. The summed E-state index contributed by atoms with van der Waals surface area (Å²) in [6.07, 6.45) is 5.46. The van der Waals surface area contributed by atoms with E-state index < -0.39 is 5.97 Å². The van der Waals surface area contributed by atoms with Crippen LogP contribution in [0.4, 0.5) is 0 Å². The van der Waals surface area contributed by atoms with Crippen LogP contribution in [0, 0.1) is 5.92 Å². The molecule has 0 bridgehead atoms. The van der Waals surface area contributed by atoms with Crippen LogP contribution >= 0.6 is 0 Å². The minimum atomic E-state index is -0.699. The fraction of sp³-hybridized carbons (Fsp3) is 0.667. The van der Waals surface area contributed by atoms with Crippen molar-refractivity contribution in [3.05, 3.63) is 18.2 Å². The van der Waals surface area contributed by atoms with E-state index in [0.717, 1.165) is 31.8 Å².